The van der Waals surface area contributed by atoms with Gasteiger partial charge in [0.1, 0.15) is 17.2 Å². The number of pyridine rings is 1. The lowest BCUT2D eigenvalue weighted by Crippen LogP contribution is -2.63. The molecule has 1 amide bonds. The third-order valence-electron chi connectivity index (χ3n) is 10.6. The highest BCUT2D eigenvalue weighted by molar-refractivity contribution is 8.76. The van der Waals surface area contributed by atoms with Gasteiger partial charge in [-0.1, -0.05) is 39.3 Å². The van der Waals surface area contributed by atoms with Crippen molar-refractivity contribution in [2.24, 2.45) is 0 Å². The fraction of sp³-hybridized carbons (Fsp3) is 0.459. The summed E-state index contributed by atoms with van der Waals surface area (Å²) >= 11 is 0. The molecule has 3 N–H and O–H groups in total. The van der Waals surface area contributed by atoms with Crippen molar-refractivity contribution in [2.45, 2.75) is 82.5 Å². The number of rotatable bonds is 5. The Morgan fingerprint density at radius 1 is 1.22 bits per heavy atom. The molecule has 1 saturated heterocycles. The van der Waals surface area contributed by atoms with Gasteiger partial charge in [-0.05, 0) is 74.9 Å². The average Bonchev–Trinajstić information content (AvgIpc) is 3.43. The van der Waals surface area contributed by atoms with Crippen LogP contribution in [-0.2, 0) is 33.6 Å². The van der Waals surface area contributed by atoms with E-state index in [9.17, 15) is 19.5 Å². The van der Waals surface area contributed by atoms with E-state index in [-0.39, 0.29) is 25.0 Å². The number of nitrogens with two attached hydrogens (primary N) is 1. The number of benzene rings is 1. The molecule has 4 atom stereocenters. The summed E-state index contributed by atoms with van der Waals surface area (Å²) in [6.07, 6.45) is 8.42. The molecule has 12 heteroatoms. The summed E-state index contributed by atoms with van der Waals surface area (Å²) < 4.78 is 19.4. The number of carbonyl (C=O) groups is 2. The lowest BCUT2D eigenvalue weighted by atomic mass is 9.61. The van der Waals surface area contributed by atoms with Gasteiger partial charge in [0.25, 0.3) is 0 Å². The van der Waals surface area contributed by atoms with Gasteiger partial charge in [-0.3, -0.25) is 4.79 Å². The molecule has 3 aliphatic heterocycles. The summed E-state index contributed by atoms with van der Waals surface area (Å²) in [4.78, 5) is 46.5. The van der Waals surface area contributed by atoms with Gasteiger partial charge in [-0.2, -0.15) is 0 Å². The van der Waals surface area contributed by atoms with Crippen molar-refractivity contribution in [2.75, 3.05) is 30.4 Å². The van der Waals surface area contributed by atoms with Crippen LogP contribution in [0.3, 0.4) is 0 Å². The Bertz CT molecular complexity index is 1960. The minimum absolute atomic E-state index is 0.0260. The highest BCUT2D eigenvalue weighted by Gasteiger charge is 2.64. The van der Waals surface area contributed by atoms with E-state index in [1.165, 1.54) is 0 Å². The molecule has 4 aliphatic rings. The number of aryl methyl sites for hydroxylation is 1. The van der Waals surface area contributed by atoms with E-state index in [1.54, 1.807) is 53.8 Å². The van der Waals surface area contributed by atoms with Gasteiger partial charge in [0.15, 0.2) is 11.2 Å². The quantitative estimate of drug-likeness (QED) is 0.118. The molecule has 1 fully saturated rings. The zero-order valence-electron chi connectivity index (χ0n) is 28.0. The molecule has 49 heavy (non-hydrogen) atoms. The van der Waals surface area contributed by atoms with E-state index in [4.69, 9.17) is 19.6 Å². The van der Waals surface area contributed by atoms with Crippen molar-refractivity contribution < 1.29 is 28.6 Å². The maximum absolute atomic E-state index is 13.7. The Morgan fingerprint density at radius 3 is 2.82 bits per heavy atom. The smallest absolute Gasteiger partial charge is 0.339 e. The number of fused-ring (bicyclic) bond motifs is 7. The summed E-state index contributed by atoms with van der Waals surface area (Å²) in [6.45, 7) is 6.18. The molecule has 0 radical (unpaired) electrons. The van der Waals surface area contributed by atoms with E-state index in [0.29, 0.717) is 59.7 Å². The number of esters is 1. The number of ether oxygens (including phenoxy) is 2. The lowest BCUT2D eigenvalue weighted by Gasteiger charge is -2.52. The predicted octanol–water partition coefficient (Wildman–Crippen LogP) is 5.29. The number of nitrogen functional groups attached to an aromatic ring is 1. The van der Waals surface area contributed by atoms with Crippen LogP contribution >= 0.6 is 21.6 Å². The number of hydrogen-bond acceptors (Lipinski definition) is 11. The number of anilines is 1. The molecule has 4 unspecified atom stereocenters. The number of nitrogens with zero attached hydrogens (tertiary/aromatic N) is 2. The molecule has 258 valence electrons. The van der Waals surface area contributed by atoms with Gasteiger partial charge < -0.3 is 29.6 Å². The second kappa shape index (κ2) is 13.2. The largest absolute Gasteiger partial charge is 0.481 e. The summed E-state index contributed by atoms with van der Waals surface area (Å²) in [6, 6.07) is 7.63. The predicted molar refractivity (Wildman–Crippen MR) is 192 cm³/mol. The summed E-state index contributed by atoms with van der Waals surface area (Å²) in [7, 11) is 3.53. The fourth-order valence-corrected chi connectivity index (χ4v) is 10.1. The number of aliphatic hydroxyl groups is 1. The Balaban J connectivity index is 1.41. The van der Waals surface area contributed by atoms with Gasteiger partial charge in [0, 0.05) is 72.3 Å². The average molecular weight is 704 g/mol. The van der Waals surface area contributed by atoms with E-state index in [1.807, 2.05) is 30.0 Å². The van der Waals surface area contributed by atoms with Crippen LogP contribution in [0, 0.1) is 0 Å². The molecular formula is C37H41N3O7S2. The maximum Gasteiger partial charge on any atom is 0.339 e. The third-order valence-corrected chi connectivity index (χ3v) is 13.0. The minimum Gasteiger partial charge on any atom is -0.481 e. The van der Waals surface area contributed by atoms with Gasteiger partial charge in [-0.15, -0.1) is 0 Å². The van der Waals surface area contributed by atoms with Gasteiger partial charge in [0.2, 0.25) is 5.91 Å². The molecule has 7 rings (SSSR count). The van der Waals surface area contributed by atoms with E-state index in [2.05, 4.69) is 11.1 Å². The summed E-state index contributed by atoms with van der Waals surface area (Å²) in [5.41, 5.74) is 8.60. The first-order chi connectivity index (χ1) is 23.6. The standard InChI is InChI=1S/C37H41N3O7S2/c1-4-21(2)34(43)47-36(3)9-7-23-19-48-49-20-27-8-10-40(27)32(42)14-26-18-39-31(38)15-28(26)33(23)37(36)17-25-13-24-12-22(6-5-11-41)35(44)45-29(24)16-30(25)46-37/h4,7,12-13,15-16,18,27,33,41H,5-6,8-11,14,17,19-20H2,1-3H3,(H2,38,39). The maximum atomic E-state index is 13.7. The summed E-state index contributed by atoms with van der Waals surface area (Å²) in [5, 5.41) is 10.1. The molecule has 1 spiro atoms. The lowest BCUT2D eigenvalue weighted by molar-refractivity contribution is -0.183. The normalized spacial score (nSPS) is 26.7. The van der Waals surface area contributed by atoms with E-state index < -0.39 is 28.7 Å². The van der Waals surface area contributed by atoms with Crippen molar-refractivity contribution >= 4 is 50.3 Å². The topological polar surface area (TPSA) is 145 Å². The molecule has 2 aromatic heterocycles. The minimum atomic E-state index is -1.16. The van der Waals surface area contributed by atoms with Crippen molar-refractivity contribution in [1.29, 1.82) is 0 Å². The molecular weight excluding hydrogens is 663 g/mol. The van der Waals surface area contributed by atoms with E-state index >= 15 is 0 Å². The number of hydrogen-bond donors (Lipinski definition) is 2. The monoisotopic (exact) mass is 703 g/mol. The highest BCUT2D eigenvalue weighted by Crippen LogP contribution is 2.58. The van der Waals surface area contributed by atoms with Crippen LogP contribution in [0.2, 0.25) is 0 Å². The fourth-order valence-electron chi connectivity index (χ4n) is 7.61. The first-order valence-electron chi connectivity index (χ1n) is 16.8. The van der Waals surface area contributed by atoms with Crippen molar-refractivity contribution in [3.05, 3.63) is 86.4 Å². The first-order valence-corrected chi connectivity index (χ1v) is 19.3. The summed E-state index contributed by atoms with van der Waals surface area (Å²) in [5.74, 6) is 1.58. The van der Waals surface area contributed by atoms with Crippen molar-refractivity contribution in [3.8, 4) is 5.75 Å². The van der Waals surface area contributed by atoms with Crippen LogP contribution in [-0.4, -0.2) is 68.8 Å². The van der Waals surface area contributed by atoms with Crippen LogP contribution in [0.15, 0.2) is 63.0 Å². The molecule has 0 saturated carbocycles. The van der Waals surface area contributed by atoms with Crippen LogP contribution in [0.25, 0.3) is 11.0 Å². The van der Waals surface area contributed by atoms with Gasteiger partial charge >= 0.3 is 11.6 Å². The van der Waals surface area contributed by atoms with Crippen LogP contribution < -0.4 is 16.1 Å². The van der Waals surface area contributed by atoms with Crippen molar-refractivity contribution in [1.82, 2.24) is 9.88 Å². The number of aliphatic hydroxyl groups excluding tert-OH is 1. The van der Waals surface area contributed by atoms with Crippen LogP contribution in [0.1, 0.15) is 68.2 Å². The number of allylic oxidation sites excluding steroid dienone is 1. The Labute approximate surface area is 292 Å². The second-order valence-corrected chi connectivity index (χ2v) is 16.1. The zero-order chi connectivity index (χ0) is 34.5. The van der Waals surface area contributed by atoms with Crippen LogP contribution in [0.4, 0.5) is 5.82 Å². The first kappa shape index (κ1) is 33.7. The molecule has 10 nitrogen and oxygen atoms in total. The Hall–Kier alpha value is -3.74. The van der Waals surface area contributed by atoms with Gasteiger partial charge in [0.05, 0.1) is 12.3 Å². The molecule has 1 aliphatic carbocycles. The molecule has 3 aromatic rings. The van der Waals surface area contributed by atoms with Crippen LogP contribution in [0.5, 0.6) is 5.75 Å². The van der Waals surface area contributed by atoms with Gasteiger partial charge in [-0.25, -0.2) is 14.6 Å². The zero-order valence-corrected chi connectivity index (χ0v) is 29.6. The highest BCUT2D eigenvalue weighted by atomic mass is 33.1. The number of amides is 1. The molecule has 5 heterocycles. The number of carbonyl (C=O) groups excluding carboxylic acids is 2. The Kier molecular flexibility index (Phi) is 9.08. The SMILES string of the molecule is CC=C(C)C(=O)OC1(C)CC=C2CSSCC3CCN3C(=O)Cc3cnc(N)cc3C2C12Cc1cc3cc(CCCO)c(=O)oc3cc1O2. The third kappa shape index (κ3) is 5.95. The van der Waals surface area contributed by atoms with Crippen molar-refractivity contribution in [3.63, 3.8) is 0 Å². The number of aromatic nitrogens is 1. The van der Waals surface area contributed by atoms with E-state index in [0.717, 1.165) is 46.4 Å². The molecule has 0 bridgehead atoms. The second-order valence-electron chi connectivity index (χ2n) is 13.6. The Morgan fingerprint density at radius 2 is 2.06 bits per heavy atom. The molecule has 1 aromatic carbocycles.